The summed E-state index contributed by atoms with van der Waals surface area (Å²) in [7, 11) is 0. The van der Waals surface area contributed by atoms with E-state index in [-0.39, 0.29) is 5.33 Å². The van der Waals surface area contributed by atoms with Gasteiger partial charge in [-0.3, -0.25) is 0 Å². The van der Waals surface area contributed by atoms with E-state index in [4.69, 9.17) is 5.11 Å². The molecule has 1 aromatic rings. The number of alkyl halides is 6. The molecule has 0 spiro atoms. The highest BCUT2D eigenvalue weighted by Crippen LogP contribution is 2.36. The van der Waals surface area contributed by atoms with Crippen LogP contribution in [0.5, 0.6) is 5.75 Å². The first-order chi connectivity index (χ1) is 8.65. The molecule has 0 aliphatic rings. The average Bonchev–Trinajstić information content (AvgIpc) is 2.26. The van der Waals surface area contributed by atoms with Gasteiger partial charge in [0.2, 0.25) is 0 Å². The molecule has 0 atom stereocenters. The standard InChI is InChI=1S/C9H5BrF5NO3/c10-2-5-6(19-9(13,14)15)3(7(11)12)1-4(16-5)8(17)18/h1,7H,2H2,(H,17,18). The van der Waals surface area contributed by atoms with E-state index in [1.54, 1.807) is 0 Å². The molecule has 1 rings (SSSR count). The van der Waals surface area contributed by atoms with Gasteiger partial charge in [0, 0.05) is 5.33 Å². The van der Waals surface area contributed by atoms with Crippen LogP contribution in [-0.4, -0.2) is 22.4 Å². The third-order valence-corrected chi connectivity index (χ3v) is 2.40. The van der Waals surface area contributed by atoms with Gasteiger partial charge in [-0.25, -0.2) is 18.6 Å². The predicted octanol–water partition coefficient (Wildman–Crippen LogP) is 3.51. The molecule has 1 heterocycles. The first-order valence-corrected chi connectivity index (χ1v) is 5.64. The van der Waals surface area contributed by atoms with Crippen molar-refractivity contribution in [2.24, 2.45) is 0 Å². The highest BCUT2D eigenvalue weighted by molar-refractivity contribution is 9.08. The molecule has 0 fully saturated rings. The summed E-state index contributed by atoms with van der Waals surface area (Å²) in [5, 5.41) is 8.27. The van der Waals surface area contributed by atoms with Gasteiger partial charge >= 0.3 is 12.3 Å². The quantitative estimate of drug-likeness (QED) is 0.667. The van der Waals surface area contributed by atoms with Crippen LogP contribution in [0.2, 0.25) is 0 Å². The number of hydrogen-bond acceptors (Lipinski definition) is 3. The number of carbonyl (C=O) groups is 1. The normalized spacial score (nSPS) is 11.7. The highest BCUT2D eigenvalue weighted by Gasteiger charge is 2.35. The number of hydrogen-bond donors (Lipinski definition) is 1. The smallest absolute Gasteiger partial charge is 0.477 e. The maximum absolute atomic E-state index is 12.7. The van der Waals surface area contributed by atoms with E-state index < -0.39 is 41.5 Å². The van der Waals surface area contributed by atoms with Crippen LogP contribution >= 0.6 is 15.9 Å². The van der Waals surface area contributed by atoms with Crippen LogP contribution < -0.4 is 4.74 Å². The molecule has 0 saturated heterocycles. The molecule has 0 unspecified atom stereocenters. The Balaban J connectivity index is 3.45. The van der Waals surface area contributed by atoms with E-state index in [1.807, 2.05) is 0 Å². The number of rotatable bonds is 4. The van der Waals surface area contributed by atoms with E-state index in [9.17, 15) is 26.7 Å². The Bertz CT molecular complexity index is 491. The number of carboxylic acids is 1. The molecule has 0 bridgehead atoms. The second-order valence-corrected chi connectivity index (χ2v) is 3.72. The van der Waals surface area contributed by atoms with Crippen molar-refractivity contribution < 1.29 is 36.6 Å². The lowest BCUT2D eigenvalue weighted by Crippen LogP contribution is -2.20. The minimum atomic E-state index is -5.19. The van der Waals surface area contributed by atoms with E-state index in [1.165, 1.54) is 0 Å². The average molecular weight is 350 g/mol. The molecule has 106 valence electrons. The summed E-state index contributed by atoms with van der Waals surface area (Å²) < 4.78 is 65.2. The van der Waals surface area contributed by atoms with E-state index in [0.717, 1.165) is 0 Å². The molecule has 1 aromatic heterocycles. The summed E-state index contributed by atoms with van der Waals surface area (Å²) >= 11 is 2.73. The second kappa shape index (κ2) is 5.68. The third-order valence-electron chi connectivity index (χ3n) is 1.87. The molecule has 0 aromatic carbocycles. The van der Waals surface area contributed by atoms with Crippen molar-refractivity contribution in [2.75, 3.05) is 0 Å². The number of nitrogens with zero attached hydrogens (tertiary/aromatic N) is 1. The lowest BCUT2D eigenvalue weighted by Gasteiger charge is -2.16. The zero-order valence-electron chi connectivity index (χ0n) is 8.84. The molecule has 19 heavy (non-hydrogen) atoms. The number of pyridine rings is 1. The summed E-state index contributed by atoms with van der Waals surface area (Å²) in [4.78, 5) is 14.0. The zero-order chi connectivity index (χ0) is 14.8. The minimum absolute atomic E-state index is 0.347. The molecule has 0 radical (unpaired) electrons. The van der Waals surface area contributed by atoms with Gasteiger partial charge in [0.25, 0.3) is 6.43 Å². The Morgan fingerprint density at radius 3 is 2.42 bits per heavy atom. The van der Waals surface area contributed by atoms with Crippen molar-refractivity contribution >= 4 is 21.9 Å². The van der Waals surface area contributed by atoms with Gasteiger partial charge in [-0.15, -0.1) is 13.2 Å². The molecular weight excluding hydrogens is 345 g/mol. The molecule has 4 nitrogen and oxygen atoms in total. The van der Waals surface area contributed by atoms with Crippen LogP contribution in [0.4, 0.5) is 22.0 Å². The summed E-state index contributed by atoms with van der Waals surface area (Å²) in [6, 6.07) is 0.347. The summed E-state index contributed by atoms with van der Waals surface area (Å²) in [6.45, 7) is 0. The summed E-state index contributed by atoms with van der Waals surface area (Å²) in [5.74, 6) is -2.83. The fourth-order valence-electron chi connectivity index (χ4n) is 1.20. The number of aromatic nitrogens is 1. The molecule has 0 saturated carbocycles. The summed E-state index contributed by atoms with van der Waals surface area (Å²) in [6.07, 6.45) is -8.52. The molecule has 10 heteroatoms. The largest absolute Gasteiger partial charge is 0.573 e. The van der Waals surface area contributed by atoms with Gasteiger partial charge in [-0.2, -0.15) is 0 Å². The van der Waals surface area contributed by atoms with Crippen LogP contribution in [0.1, 0.15) is 28.2 Å². The van der Waals surface area contributed by atoms with Gasteiger partial charge < -0.3 is 9.84 Å². The molecule has 0 aliphatic heterocycles. The van der Waals surface area contributed by atoms with Crippen molar-refractivity contribution in [1.29, 1.82) is 0 Å². The van der Waals surface area contributed by atoms with Crippen molar-refractivity contribution in [2.45, 2.75) is 18.1 Å². The van der Waals surface area contributed by atoms with Crippen LogP contribution in [0.15, 0.2) is 6.07 Å². The Kier molecular flexibility index (Phi) is 4.66. The van der Waals surface area contributed by atoms with Gasteiger partial charge in [0.1, 0.15) is 5.69 Å². The molecular formula is C9H5BrF5NO3. The maximum atomic E-state index is 12.7. The van der Waals surface area contributed by atoms with Crippen molar-refractivity contribution in [3.63, 3.8) is 0 Å². The van der Waals surface area contributed by atoms with Crippen LogP contribution in [0.25, 0.3) is 0 Å². The summed E-state index contributed by atoms with van der Waals surface area (Å²) in [5.41, 5.74) is -2.55. The number of carboxylic acid groups (broad SMARTS) is 1. The Morgan fingerprint density at radius 2 is 2.05 bits per heavy atom. The fraction of sp³-hybridized carbons (Fsp3) is 0.333. The van der Waals surface area contributed by atoms with Gasteiger partial charge in [0.15, 0.2) is 5.75 Å². The zero-order valence-corrected chi connectivity index (χ0v) is 10.4. The Hall–Kier alpha value is -1.45. The van der Waals surface area contributed by atoms with Crippen LogP contribution in [0, 0.1) is 0 Å². The predicted molar refractivity (Wildman–Crippen MR) is 55.5 cm³/mol. The molecule has 1 N–H and O–H groups in total. The van der Waals surface area contributed by atoms with Crippen molar-refractivity contribution in [1.82, 2.24) is 4.98 Å². The Morgan fingerprint density at radius 1 is 1.47 bits per heavy atom. The fourth-order valence-corrected chi connectivity index (χ4v) is 1.58. The van der Waals surface area contributed by atoms with E-state index >= 15 is 0 Å². The number of aromatic carboxylic acids is 1. The first-order valence-electron chi connectivity index (χ1n) is 4.52. The Labute approximate surface area is 111 Å². The lowest BCUT2D eigenvalue weighted by atomic mass is 10.1. The van der Waals surface area contributed by atoms with Gasteiger partial charge in [-0.1, -0.05) is 15.9 Å². The van der Waals surface area contributed by atoms with Gasteiger partial charge in [0.05, 0.1) is 11.3 Å². The van der Waals surface area contributed by atoms with Crippen LogP contribution in [0.3, 0.4) is 0 Å². The molecule has 0 amide bonds. The highest BCUT2D eigenvalue weighted by atomic mass is 79.9. The monoisotopic (exact) mass is 349 g/mol. The van der Waals surface area contributed by atoms with Gasteiger partial charge in [-0.05, 0) is 6.07 Å². The topological polar surface area (TPSA) is 59.4 Å². The first kappa shape index (κ1) is 15.6. The van der Waals surface area contributed by atoms with E-state index in [0.29, 0.717) is 6.07 Å². The second-order valence-electron chi connectivity index (χ2n) is 3.16. The minimum Gasteiger partial charge on any atom is -0.477 e. The van der Waals surface area contributed by atoms with Crippen molar-refractivity contribution in [3.05, 3.63) is 23.0 Å². The molecule has 0 aliphatic carbocycles. The van der Waals surface area contributed by atoms with Crippen molar-refractivity contribution in [3.8, 4) is 5.75 Å². The lowest BCUT2D eigenvalue weighted by molar-refractivity contribution is -0.275. The number of ether oxygens (including phenoxy) is 1. The third kappa shape index (κ3) is 4.01. The van der Waals surface area contributed by atoms with Crippen LogP contribution in [-0.2, 0) is 5.33 Å². The SMILES string of the molecule is O=C(O)c1cc(C(F)F)c(OC(F)(F)F)c(CBr)n1. The maximum Gasteiger partial charge on any atom is 0.573 e. The van der Waals surface area contributed by atoms with E-state index in [2.05, 4.69) is 25.7 Å². The number of halogens is 6.